The second kappa shape index (κ2) is 7.51. The average Bonchev–Trinajstić information content (AvgIpc) is 2.64. The molecule has 0 amide bonds. The lowest BCUT2D eigenvalue weighted by molar-refractivity contribution is -0.144. The van der Waals surface area contributed by atoms with Crippen LogP contribution >= 0.6 is 0 Å². The molecule has 2 aromatic rings. The molecule has 130 valence electrons. The summed E-state index contributed by atoms with van der Waals surface area (Å²) in [4.78, 5) is 24.3. The first-order valence-electron chi connectivity index (χ1n) is 8.59. The molecular weight excluding hydrogens is 316 g/mol. The number of carbonyl (C=O) groups is 2. The van der Waals surface area contributed by atoms with Gasteiger partial charge in [0.15, 0.2) is 5.78 Å². The number of fused-ring (bicyclic) bond motifs is 1. The number of methoxy groups -OCH3 is 1. The van der Waals surface area contributed by atoms with Crippen LogP contribution in [0, 0.1) is 5.92 Å². The number of benzene rings is 2. The summed E-state index contributed by atoms with van der Waals surface area (Å²) in [5.41, 5.74) is 3.96. The van der Waals surface area contributed by atoms with Gasteiger partial charge in [0.2, 0.25) is 0 Å². The van der Waals surface area contributed by atoms with E-state index in [1.54, 1.807) is 14.0 Å². The zero-order valence-corrected chi connectivity index (χ0v) is 14.6. The van der Waals surface area contributed by atoms with Gasteiger partial charge >= 0.3 is 5.97 Å². The first-order valence-corrected chi connectivity index (χ1v) is 8.59. The molecule has 1 unspecified atom stereocenters. The van der Waals surface area contributed by atoms with Crippen LogP contribution in [0.1, 0.15) is 35.7 Å². The molecule has 4 heteroatoms. The third-order valence-electron chi connectivity index (χ3n) is 4.65. The van der Waals surface area contributed by atoms with Crippen LogP contribution in [0.25, 0.3) is 11.1 Å². The molecule has 3 rings (SSSR count). The highest BCUT2D eigenvalue weighted by Gasteiger charge is 2.29. The predicted octanol–water partition coefficient (Wildman–Crippen LogP) is 4.06. The molecular formula is C21H22O4. The zero-order valence-electron chi connectivity index (χ0n) is 14.6. The van der Waals surface area contributed by atoms with Gasteiger partial charge in [-0.15, -0.1) is 0 Å². The molecule has 0 aliphatic heterocycles. The molecule has 0 bridgehead atoms. The van der Waals surface area contributed by atoms with E-state index in [1.165, 1.54) is 0 Å². The Morgan fingerprint density at radius 3 is 2.52 bits per heavy atom. The third kappa shape index (κ3) is 3.73. The van der Waals surface area contributed by atoms with Crippen LogP contribution in [-0.4, -0.2) is 25.5 Å². The highest BCUT2D eigenvalue weighted by Crippen LogP contribution is 2.32. The summed E-state index contributed by atoms with van der Waals surface area (Å²) in [5, 5.41) is 0. The molecule has 4 nitrogen and oxygen atoms in total. The monoisotopic (exact) mass is 338 g/mol. The van der Waals surface area contributed by atoms with Crippen LogP contribution in [0.15, 0.2) is 42.5 Å². The maximum absolute atomic E-state index is 12.7. The molecule has 0 saturated heterocycles. The Kier molecular flexibility index (Phi) is 5.17. The van der Waals surface area contributed by atoms with Gasteiger partial charge in [0.1, 0.15) is 5.75 Å². The summed E-state index contributed by atoms with van der Waals surface area (Å²) in [6.45, 7) is 2.12. The van der Waals surface area contributed by atoms with Crippen LogP contribution in [0.4, 0.5) is 0 Å². The molecule has 0 radical (unpaired) electrons. The average molecular weight is 338 g/mol. The van der Waals surface area contributed by atoms with Crippen LogP contribution in [-0.2, 0) is 16.0 Å². The molecule has 1 atom stereocenters. The van der Waals surface area contributed by atoms with Crippen molar-refractivity contribution in [1.29, 1.82) is 0 Å². The van der Waals surface area contributed by atoms with Gasteiger partial charge in [-0.1, -0.05) is 30.3 Å². The van der Waals surface area contributed by atoms with Crippen molar-refractivity contribution in [1.82, 2.24) is 0 Å². The summed E-state index contributed by atoms with van der Waals surface area (Å²) in [6.07, 6.45) is 1.66. The first-order chi connectivity index (χ1) is 12.1. The third-order valence-corrected chi connectivity index (χ3v) is 4.65. The molecule has 0 heterocycles. The van der Waals surface area contributed by atoms with Gasteiger partial charge < -0.3 is 9.47 Å². The highest BCUT2D eigenvalue weighted by atomic mass is 16.5. The van der Waals surface area contributed by atoms with Crippen LogP contribution in [0.2, 0.25) is 0 Å². The Balaban J connectivity index is 1.80. The fourth-order valence-electron chi connectivity index (χ4n) is 3.30. The number of rotatable bonds is 5. The number of aryl methyl sites for hydroxylation is 1. The van der Waals surface area contributed by atoms with E-state index < -0.39 is 0 Å². The number of ketones is 1. The normalized spacial score (nSPS) is 16.2. The Morgan fingerprint density at radius 2 is 1.84 bits per heavy atom. The molecule has 1 aliphatic carbocycles. The highest BCUT2D eigenvalue weighted by molar-refractivity contribution is 6.02. The topological polar surface area (TPSA) is 52.6 Å². The van der Waals surface area contributed by atoms with Gasteiger partial charge in [-0.3, -0.25) is 9.59 Å². The second-order valence-corrected chi connectivity index (χ2v) is 6.21. The fourth-order valence-corrected chi connectivity index (χ4v) is 3.30. The van der Waals surface area contributed by atoms with Crippen molar-refractivity contribution in [2.24, 2.45) is 5.92 Å². The van der Waals surface area contributed by atoms with Crippen LogP contribution in [0.3, 0.4) is 0 Å². The number of Topliss-reactive ketones (excluding diaryl/α,β-unsaturated/α-hetero) is 1. The summed E-state index contributed by atoms with van der Waals surface area (Å²) < 4.78 is 10.2. The summed E-state index contributed by atoms with van der Waals surface area (Å²) in [5.74, 6) is 0.312. The van der Waals surface area contributed by atoms with E-state index in [-0.39, 0.29) is 24.1 Å². The van der Waals surface area contributed by atoms with Gasteiger partial charge in [0, 0.05) is 11.5 Å². The van der Waals surface area contributed by atoms with E-state index in [2.05, 4.69) is 6.07 Å². The minimum absolute atomic E-state index is 0.0515. The smallest absolute Gasteiger partial charge is 0.306 e. The summed E-state index contributed by atoms with van der Waals surface area (Å²) >= 11 is 0. The summed E-state index contributed by atoms with van der Waals surface area (Å²) in [7, 11) is 1.65. The molecule has 2 aromatic carbocycles. The number of hydrogen-bond acceptors (Lipinski definition) is 4. The number of ether oxygens (including phenoxy) is 2. The van der Waals surface area contributed by atoms with E-state index in [9.17, 15) is 9.59 Å². The maximum Gasteiger partial charge on any atom is 0.306 e. The van der Waals surface area contributed by atoms with Gasteiger partial charge in [-0.25, -0.2) is 0 Å². The lowest BCUT2D eigenvalue weighted by atomic mass is 9.80. The predicted molar refractivity (Wildman–Crippen MR) is 95.8 cm³/mol. The Labute approximate surface area is 147 Å². The van der Waals surface area contributed by atoms with Crippen LogP contribution < -0.4 is 4.74 Å². The standard InChI is InChI=1S/C21H22O4/c1-3-25-20(22)13-17-5-4-16-12-15(8-11-19(16)21(17)23)14-6-9-18(24-2)10-7-14/h6-12,17H,3-5,13H2,1-2H3. The molecule has 0 aromatic heterocycles. The van der Waals surface area contributed by atoms with Crippen molar-refractivity contribution in [3.63, 3.8) is 0 Å². The van der Waals surface area contributed by atoms with Crippen molar-refractivity contribution in [3.8, 4) is 16.9 Å². The van der Waals surface area contributed by atoms with Crippen molar-refractivity contribution in [2.45, 2.75) is 26.2 Å². The van der Waals surface area contributed by atoms with E-state index in [0.717, 1.165) is 34.4 Å². The van der Waals surface area contributed by atoms with Crippen molar-refractivity contribution in [3.05, 3.63) is 53.6 Å². The molecule has 0 fully saturated rings. The minimum atomic E-state index is -0.292. The lowest BCUT2D eigenvalue weighted by Crippen LogP contribution is -2.25. The molecule has 25 heavy (non-hydrogen) atoms. The van der Waals surface area contributed by atoms with Crippen LogP contribution in [0.5, 0.6) is 5.75 Å². The fraction of sp³-hybridized carbons (Fsp3) is 0.333. The maximum atomic E-state index is 12.7. The van der Waals surface area contributed by atoms with E-state index >= 15 is 0 Å². The first kappa shape index (κ1) is 17.2. The van der Waals surface area contributed by atoms with E-state index in [4.69, 9.17) is 9.47 Å². The number of esters is 1. The minimum Gasteiger partial charge on any atom is -0.497 e. The SMILES string of the molecule is CCOC(=O)CC1CCc2cc(-c3ccc(OC)cc3)ccc2C1=O. The van der Waals surface area contributed by atoms with Gasteiger partial charge in [-0.2, -0.15) is 0 Å². The van der Waals surface area contributed by atoms with Crippen molar-refractivity contribution >= 4 is 11.8 Å². The molecule has 0 N–H and O–H groups in total. The molecule has 0 saturated carbocycles. The zero-order chi connectivity index (χ0) is 17.8. The molecule has 1 aliphatic rings. The second-order valence-electron chi connectivity index (χ2n) is 6.21. The van der Waals surface area contributed by atoms with Gasteiger partial charge in [-0.05, 0) is 48.6 Å². The van der Waals surface area contributed by atoms with Gasteiger partial charge in [0.05, 0.1) is 20.1 Å². The summed E-state index contributed by atoms with van der Waals surface area (Å²) in [6, 6.07) is 13.8. The lowest BCUT2D eigenvalue weighted by Gasteiger charge is -2.23. The number of carbonyl (C=O) groups excluding carboxylic acids is 2. The van der Waals surface area contributed by atoms with Crippen molar-refractivity contribution < 1.29 is 19.1 Å². The van der Waals surface area contributed by atoms with E-state index in [0.29, 0.717) is 13.0 Å². The van der Waals surface area contributed by atoms with Crippen molar-refractivity contribution in [2.75, 3.05) is 13.7 Å². The Hall–Kier alpha value is -2.62. The largest absolute Gasteiger partial charge is 0.497 e. The van der Waals surface area contributed by atoms with E-state index in [1.807, 2.05) is 36.4 Å². The van der Waals surface area contributed by atoms with Gasteiger partial charge in [0.25, 0.3) is 0 Å². The quantitative estimate of drug-likeness (QED) is 0.772. The molecule has 0 spiro atoms. The number of hydrogen-bond donors (Lipinski definition) is 0. The Morgan fingerprint density at radius 1 is 1.12 bits per heavy atom. The Bertz CT molecular complexity index is 777.